The molecule has 9 nitrogen and oxygen atoms in total. The summed E-state index contributed by atoms with van der Waals surface area (Å²) in [5, 5.41) is 13.9. The van der Waals surface area contributed by atoms with Crippen molar-refractivity contribution in [2.24, 2.45) is 11.5 Å². The minimum atomic E-state index is -0.919. The Hall–Kier alpha value is -3.88. The molecule has 0 bridgehead atoms. The average Bonchev–Trinajstić information content (AvgIpc) is 2.60. The van der Waals surface area contributed by atoms with Crippen molar-refractivity contribution < 1.29 is 14.5 Å². The summed E-state index contributed by atoms with van der Waals surface area (Å²) in [6.45, 7) is 0. The number of aldehydes is 1. The highest BCUT2D eigenvalue weighted by Crippen LogP contribution is 2.28. The highest BCUT2D eigenvalue weighted by atomic mass is 16.6. The monoisotopic (exact) mass is 341 g/mol. The van der Waals surface area contributed by atoms with Crippen molar-refractivity contribution in [3.8, 4) is 0 Å². The number of hydrogen-bond donors (Lipinski definition) is 4. The van der Waals surface area contributed by atoms with E-state index in [9.17, 15) is 19.7 Å². The molecule has 0 radical (unpaired) electrons. The van der Waals surface area contributed by atoms with Crippen LogP contribution in [-0.2, 0) is 4.79 Å². The second-order valence-electron chi connectivity index (χ2n) is 5.05. The van der Waals surface area contributed by atoms with Crippen molar-refractivity contribution in [1.82, 2.24) is 0 Å². The fourth-order valence-corrected chi connectivity index (χ4v) is 2.07. The van der Waals surface area contributed by atoms with Gasteiger partial charge in [0.05, 0.1) is 10.6 Å². The molecule has 0 unspecified atom stereocenters. The summed E-state index contributed by atoms with van der Waals surface area (Å²) in [6.07, 6.45) is 0.677. The van der Waals surface area contributed by atoms with Crippen molar-refractivity contribution in [3.05, 3.63) is 69.4 Å². The fraction of sp³-hybridized carbons (Fsp3) is 0. The average molecular weight is 341 g/mol. The Morgan fingerprint density at radius 1 is 1.12 bits per heavy atom. The molecule has 1 amide bonds. The summed E-state index contributed by atoms with van der Waals surface area (Å²) < 4.78 is 0. The second-order valence-corrected chi connectivity index (χ2v) is 5.05. The predicted octanol–water partition coefficient (Wildman–Crippen LogP) is 1.21. The second kappa shape index (κ2) is 7.13. The van der Waals surface area contributed by atoms with E-state index in [4.69, 9.17) is 17.2 Å². The molecule has 2 aromatic rings. The third-order valence-electron chi connectivity index (χ3n) is 3.37. The molecule has 7 N–H and O–H groups in total. The van der Waals surface area contributed by atoms with Crippen molar-refractivity contribution in [1.29, 1.82) is 0 Å². The van der Waals surface area contributed by atoms with Gasteiger partial charge in [0.25, 0.3) is 11.6 Å². The number of nitrogens with one attached hydrogen (secondary N) is 1. The van der Waals surface area contributed by atoms with Gasteiger partial charge in [-0.25, -0.2) is 0 Å². The number of nitrogen functional groups attached to an aromatic ring is 1. The van der Waals surface area contributed by atoms with Gasteiger partial charge in [0.2, 0.25) is 0 Å². The van der Waals surface area contributed by atoms with Crippen molar-refractivity contribution in [3.63, 3.8) is 0 Å². The first-order chi connectivity index (χ1) is 11.8. The first-order valence-corrected chi connectivity index (χ1v) is 6.99. The van der Waals surface area contributed by atoms with E-state index in [1.165, 1.54) is 18.2 Å². The molecular weight excluding hydrogens is 326 g/mol. The van der Waals surface area contributed by atoms with Gasteiger partial charge in [-0.05, 0) is 30.3 Å². The van der Waals surface area contributed by atoms with Crippen molar-refractivity contribution >= 4 is 35.0 Å². The zero-order chi connectivity index (χ0) is 18.6. The molecule has 0 saturated carbocycles. The number of amides is 1. The third kappa shape index (κ3) is 3.91. The molecule has 0 aliphatic carbocycles. The van der Waals surface area contributed by atoms with Crippen LogP contribution in [0.2, 0.25) is 0 Å². The minimum Gasteiger partial charge on any atom is -0.398 e. The van der Waals surface area contributed by atoms with Crippen LogP contribution in [0.4, 0.5) is 17.1 Å². The quantitative estimate of drug-likeness (QED) is 0.201. The maximum Gasteiger partial charge on any atom is 0.270 e. The molecule has 9 heteroatoms. The first kappa shape index (κ1) is 17.5. The molecule has 2 rings (SSSR count). The van der Waals surface area contributed by atoms with Gasteiger partial charge in [0, 0.05) is 34.6 Å². The van der Waals surface area contributed by atoms with E-state index >= 15 is 0 Å². The lowest BCUT2D eigenvalue weighted by molar-refractivity contribution is -0.384. The molecule has 0 heterocycles. The van der Waals surface area contributed by atoms with Crippen LogP contribution in [-0.4, -0.2) is 17.1 Å². The van der Waals surface area contributed by atoms with Crippen LogP contribution >= 0.6 is 0 Å². The topological polar surface area (TPSA) is 167 Å². The van der Waals surface area contributed by atoms with E-state index in [2.05, 4.69) is 5.32 Å². The van der Waals surface area contributed by atoms with E-state index in [1.807, 2.05) is 0 Å². The Bertz CT molecular complexity index is 875. The number of nitro benzene ring substituents is 1. The first-order valence-electron chi connectivity index (χ1n) is 6.99. The van der Waals surface area contributed by atoms with Crippen LogP contribution in [0.3, 0.4) is 0 Å². The zero-order valence-electron chi connectivity index (χ0n) is 12.9. The van der Waals surface area contributed by atoms with E-state index < -0.39 is 10.8 Å². The number of primary amides is 1. The van der Waals surface area contributed by atoms with Gasteiger partial charge in [0.15, 0.2) is 0 Å². The lowest BCUT2D eigenvalue weighted by Gasteiger charge is -2.15. The highest BCUT2D eigenvalue weighted by molar-refractivity contribution is 6.03. The Morgan fingerprint density at radius 3 is 2.28 bits per heavy atom. The summed E-state index contributed by atoms with van der Waals surface area (Å²) in [5.41, 5.74) is 17.6. The molecule has 0 saturated heterocycles. The lowest BCUT2D eigenvalue weighted by Crippen LogP contribution is -2.24. The number of nitro groups is 1. The smallest absolute Gasteiger partial charge is 0.270 e. The zero-order valence-corrected chi connectivity index (χ0v) is 12.9. The standard InChI is InChI=1S/C16H15N5O4/c17-13-6-5-11(21(24)25)7-12(13)15(14(18)16(19)23)20-10-3-1-9(8-22)2-4-10/h1-8,20H,17-18H2,(H2,19,23)/b15-14+. The number of nitrogens with zero attached hydrogens (tertiary/aromatic N) is 1. The molecule has 0 aromatic heterocycles. The molecule has 25 heavy (non-hydrogen) atoms. The molecule has 128 valence electrons. The number of nitrogens with two attached hydrogens (primary N) is 3. The minimum absolute atomic E-state index is 0.0348. The Kier molecular flexibility index (Phi) is 4.98. The van der Waals surface area contributed by atoms with Gasteiger partial charge < -0.3 is 22.5 Å². The van der Waals surface area contributed by atoms with Crippen LogP contribution in [0, 0.1) is 10.1 Å². The molecule has 0 atom stereocenters. The number of anilines is 2. The summed E-state index contributed by atoms with van der Waals surface area (Å²) >= 11 is 0. The molecular formula is C16H15N5O4. The summed E-state index contributed by atoms with van der Waals surface area (Å²) in [4.78, 5) is 32.6. The van der Waals surface area contributed by atoms with Gasteiger partial charge in [-0.3, -0.25) is 19.7 Å². The number of hydrogen-bond acceptors (Lipinski definition) is 7. The third-order valence-corrected chi connectivity index (χ3v) is 3.37. The van der Waals surface area contributed by atoms with Gasteiger partial charge in [-0.2, -0.15) is 0 Å². The van der Waals surface area contributed by atoms with Crippen molar-refractivity contribution in [2.45, 2.75) is 0 Å². The Morgan fingerprint density at radius 2 is 1.76 bits per heavy atom. The van der Waals surface area contributed by atoms with Crippen molar-refractivity contribution in [2.75, 3.05) is 11.1 Å². The molecule has 0 aliphatic heterocycles. The van der Waals surface area contributed by atoms with Crippen LogP contribution in [0.5, 0.6) is 0 Å². The largest absolute Gasteiger partial charge is 0.398 e. The lowest BCUT2D eigenvalue weighted by atomic mass is 10.1. The number of benzene rings is 2. The van der Waals surface area contributed by atoms with Gasteiger partial charge >= 0.3 is 0 Å². The summed E-state index contributed by atoms with van der Waals surface area (Å²) in [6, 6.07) is 9.99. The van der Waals surface area contributed by atoms with E-state index in [0.29, 0.717) is 17.5 Å². The van der Waals surface area contributed by atoms with E-state index in [0.717, 1.165) is 0 Å². The molecule has 0 spiro atoms. The normalized spacial score (nSPS) is 11.4. The SMILES string of the molecule is NC(=O)/C(N)=C(\Nc1ccc(C=O)cc1)c1cc([N+](=O)[O-])ccc1N. The van der Waals surface area contributed by atoms with Crippen LogP contribution in [0.25, 0.3) is 5.70 Å². The van der Waals surface area contributed by atoms with Gasteiger partial charge in [-0.15, -0.1) is 0 Å². The van der Waals surface area contributed by atoms with Crippen LogP contribution in [0.15, 0.2) is 48.2 Å². The number of non-ortho nitro benzene ring substituents is 1. The van der Waals surface area contributed by atoms with E-state index in [1.54, 1.807) is 24.3 Å². The number of carbonyl (C=O) groups excluding carboxylic acids is 2. The fourth-order valence-electron chi connectivity index (χ4n) is 2.07. The molecule has 0 fully saturated rings. The van der Waals surface area contributed by atoms with E-state index in [-0.39, 0.29) is 28.3 Å². The summed E-state index contributed by atoms with van der Waals surface area (Å²) in [5.74, 6) is -0.919. The summed E-state index contributed by atoms with van der Waals surface area (Å²) in [7, 11) is 0. The molecule has 2 aromatic carbocycles. The van der Waals surface area contributed by atoms with Crippen LogP contribution < -0.4 is 22.5 Å². The van der Waals surface area contributed by atoms with Gasteiger partial charge in [0.1, 0.15) is 12.0 Å². The Labute approximate surface area is 142 Å². The highest BCUT2D eigenvalue weighted by Gasteiger charge is 2.18. The van der Waals surface area contributed by atoms with Crippen LogP contribution in [0.1, 0.15) is 15.9 Å². The number of carbonyl (C=O) groups is 2. The van der Waals surface area contributed by atoms with Gasteiger partial charge in [-0.1, -0.05) is 0 Å². The predicted molar refractivity (Wildman–Crippen MR) is 93.3 cm³/mol. The maximum absolute atomic E-state index is 11.5. The number of rotatable bonds is 6. The molecule has 0 aliphatic rings. The Balaban J connectivity index is 2.56. The maximum atomic E-state index is 11.5.